The predicted octanol–water partition coefficient (Wildman–Crippen LogP) is 0.926. The van der Waals surface area contributed by atoms with Gasteiger partial charge in [0.15, 0.2) is 5.82 Å². The summed E-state index contributed by atoms with van der Waals surface area (Å²) < 4.78 is 25.5. The Balaban J connectivity index is 2.43. The molecule has 0 saturated heterocycles. The van der Waals surface area contributed by atoms with Crippen LogP contribution in [0.25, 0.3) is 10.4 Å². The van der Waals surface area contributed by atoms with Crippen LogP contribution in [0, 0.1) is 0 Å². The molecule has 17 heavy (non-hydrogen) atoms. The average Bonchev–Trinajstić information content (AvgIpc) is 2.76. The molecule has 3 heterocycles. The zero-order chi connectivity index (χ0) is 12.2. The zero-order valence-corrected chi connectivity index (χ0v) is 10.4. The van der Waals surface area contributed by atoms with Crippen molar-refractivity contribution in [2.75, 3.05) is 17.1 Å². The van der Waals surface area contributed by atoms with Crippen LogP contribution in [0.3, 0.4) is 0 Å². The monoisotopic (exact) mass is 268 g/mol. The molecule has 0 fully saturated rings. The minimum atomic E-state index is -3.51. The van der Waals surface area contributed by atoms with Crippen molar-refractivity contribution in [1.29, 1.82) is 0 Å². The first-order valence-corrected chi connectivity index (χ1v) is 7.03. The molecule has 0 saturated carbocycles. The highest BCUT2D eigenvalue weighted by molar-refractivity contribution is 7.93. The lowest BCUT2D eigenvalue weighted by molar-refractivity contribution is 0.594. The standard InChI is InChI=1S/C9H8N4O2S2/c1-13-8-5(4-11-9(10)12-8)7-6(2-3-16-7)17(13,14)15/h2-4H,1H3,(H2,10,11,12). The maximum absolute atomic E-state index is 12.2. The van der Waals surface area contributed by atoms with Crippen LogP contribution in [-0.4, -0.2) is 25.4 Å². The van der Waals surface area contributed by atoms with Crippen molar-refractivity contribution in [2.24, 2.45) is 0 Å². The number of thiophene rings is 1. The van der Waals surface area contributed by atoms with E-state index in [4.69, 9.17) is 5.73 Å². The maximum Gasteiger partial charge on any atom is 0.266 e. The Hall–Kier alpha value is -1.67. The minimum Gasteiger partial charge on any atom is -0.368 e. The van der Waals surface area contributed by atoms with Gasteiger partial charge >= 0.3 is 0 Å². The van der Waals surface area contributed by atoms with Crippen molar-refractivity contribution < 1.29 is 8.42 Å². The molecule has 6 nitrogen and oxygen atoms in total. The molecule has 0 atom stereocenters. The van der Waals surface area contributed by atoms with Crippen molar-refractivity contribution in [1.82, 2.24) is 9.97 Å². The Morgan fingerprint density at radius 3 is 3.00 bits per heavy atom. The topological polar surface area (TPSA) is 89.2 Å². The van der Waals surface area contributed by atoms with E-state index < -0.39 is 10.0 Å². The van der Waals surface area contributed by atoms with Crippen LogP contribution in [0.1, 0.15) is 0 Å². The lowest BCUT2D eigenvalue weighted by Crippen LogP contribution is -2.31. The van der Waals surface area contributed by atoms with Gasteiger partial charge in [0.2, 0.25) is 5.95 Å². The molecular weight excluding hydrogens is 260 g/mol. The molecule has 1 aliphatic rings. The fourth-order valence-corrected chi connectivity index (χ4v) is 4.33. The van der Waals surface area contributed by atoms with Gasteiger partial charge in [-0.2, -0.15) is 4.98 Å². The Kier molecular flexibility index (Phi) is 1.96. The molecule has 2 N–H and O–H groups in total. The summed E-state index contributed by atoms with van der Waals surface area (Å²) in [6, 6.07) is 1.59. The quantitative estimate of drug-likeness (QED) is 0.767. The molecular formula is C9H8N4O2S2. The average molecular weight is 268 g/mol. The maximum atomic E-state index is 12.2. The second kappa shape index (κ2) is 3.17. The smallest absolute Gasteiger partial charge is 0.266 e. The fourth-order valence-electron chi connectivity index (χ4n) is 1.74. The number of aromatic nitrogens is 2. The number of nitrogens with two attached hydrogens (primary N) is 1. The van der Waals surface area contributed by atoms with E-state index in [9.17, 15) is 8.42 Å². The third-order valence-corrected chi connectivity index (χ3v) is 5.46. The van der Waals surface area contributed by atoms with Gasteiger partial charge in [-0.3, -0.25) is 4.31 Å². The van der Waals surface area contributed by atoms with Crippen molar-refractivity contribution >= 4 is 33.1 Å². The van der Waals surface area contributed by atoms with Gasteiger partial charge in [-0.1, -0.05) is 0 Å². The van der Waals surface area contributed by atoms with Gasteiger partial charge < -0.3 is 5.73 Å². The first-order chi connectivity index (χ1) is 8.01. The number of nitrogens with zero attached hydrogens (tertiary/aromatic N) is 3. The van der Waals surface area contributed by atoms with Crippen LogP contribution >= 0.6 is 11.3 Å². The van der Waals surface area contributed by atoms with E-state index in [1.54, 1.807) is 17.6 Å². The molecule has 2 aromatic rings. The molecule has 0 aromatic carbocycles. The van der Waals surface area contributed by atoms with Gasteiger partial charge in [0.05, 0.1) is 10.4 Å². The molecule has 0 amide bonds. The van der Waals surface area contributed by atoms with Crippen LogP contribution in [-0.2, 0) is 10.0 Å². The summed E-state index contributed by atoms with van der Waals surface area (Å²) in [7, 11) is -2.05. The van der Waals surface area contributed by atoms with Gasteiger partial charge in [0.1, 0.15) is 4.90 Å². The summed E-state index contributed by atoms with van der Waals surface area (Å²) in [4.78, 5) is 8.86. The molecule has 88 valence electrons. The van der Waals surface area contributed by atoms with E-state index in [1.807, 2.05) is 0 Å². The van der Waals surface area contributed by atoms with Crippen molar-refractivity contribution in [2.45, 2.75) is 4.90 Å². The van der Waals surface area contributed by atoms with E-state index in [1.165, 1.54) is 18.4 Å². The van der Waals surface area contributed by atoms with Crippen LogP contribution in [0.15, 0.2) is 22.5 Å². The van der Waals surface area contributed by atoms with Crippen LogP contribution in [0.2, 0.25) is 0 Å². The van der Waals surface area contributed by atoms with Crippen molar-refractivity contribution in [3.8, 4) is 10.4 Å². The minimum absolute atomic E-state index is 0.0609. The molecule has 3 rings (SSSR count). The third-order valence-electron chi connectivity index (χ3n) is 2.60. The van der Waals surface area contributed by atoms with Crippen molar-refractivity contribution in [3.63, 3.8) is 0 Å². The first kappa shape index (κ1) is 10.5. The second-order valence-electron chi connectivity index (χ2n) is 3.55. The molecule has 0 bridgehead atoms. The van der Waals surface area contributed by atoms with E-state index in [-0.39, 0.29) is 5.95 Å². The number of sulfonamides is 1. The van der Waals surface area contributed by atoms with Crippen LogP contribution in [0.4, 0.5) is 11.8 Å². The normalized spacial score (nSPS) is 16.4. The summed E-state index contributed by atoms with van der Waals surface area (Å²) in [6.07, 6.45) is 1.55. The zero-order valence-electron chi connectivity index (χ0n) is 8.78. The van der Waals surface area contributed by atoms with E-state index in [0.29, 0.717) is 21.2 Å². The first-order valence-electron chi connectivity index (χ1n) is 4.71. The molecule has 0 radical (unpaired) electrons. The highest BCUT2D eigenvalue weighted by Gasteiger charge is 2.34. The highest BCUT2D eigenvalue weighted by Crippen LogP contribution is 2.43. The van der Waals surface area contributed by atoms with Crippen molar-refractivity contribution in [3.05, 3.63) is 17.6 Å². The third kappa shape index (κ3) is 1.28. The second-order valence-corrected chi connectivity index (χ2v) is 6.41. The SMILES string of the molecule is CN1c2nc(N)ncc2-c2sccc2S1(=O)=O. The molecule has 0 unspecified atom stereocenters. The number of hydrogen-bond donors (Lipinski definition) is 1. The molecule has 1 aliphatic heterocycles. The largest absolute Gasteiger partial charge is 0.368 e. The molecule has 0 spiro atoms. The Morgan fingerprint density at radius 1 is 1.47 bits per heavy atom. The van der Waals surface area contributed by atoms with Gasteiger partial charge in [-0.05, 0) is 11.4 Å². The van der Waals surface area contributed by atoms with Gasteiger partial charge in [0, 0.05) is 13.2 Å². The summed E-state index contributed by atoms with van der Waals surface area (Å²) in [5, 5.41) is 1.74. The number of nitrogen functional groups attached to an aromatic ring is 1. The Morgan fingerprint density at radius 2 is 2.24 bits per heavy atom. The number of rotatable bonds is 0. The van der Waals surface area contributed by atoms with Crippen LogP contribution in [0.5, 0.6) is 0 Å². The lowest BCUT2D eigenvalue weighted by Gasteiger charge is -2.25. The summed E-state index contributed by atoms with van der Waals surface area (Å²) in [6.45, 7) is 0. The Labute approximate surface area is 102 Å². The predicted molar refractivity (Wildman–Crippen MR) is 65.3 cm³/mol. The number of anilines is 2. The summed E-state index contributed by atoms with van der Waals surface area (Å²) in [5.74, 6) is 0.387. The number of fused-ring (bicyclic) bond motifs is 3. The summed E-state index contributed by atoms with van der Waals surface area (Å²) in [5.41, 5.74) is 6.18. The van der Waals surface area contributed by atoms with Gasteiger partial charge in [-0.25, -0.2) is 13.4 Å². The molecule has 8 heteroatoms. The van der Waals surface area contributed by atoms with E-state index in [2.05, 4.69) is 9.97 Å². The Bertz CT molecular complexity index is 708. The highest BCUT2D eigenvalue weighted by atomic mass is 32.2. The summed E-state index contributed by atoms with van der Waals surface area (Å²) >= 11 is 1.35. The van der Waals surface area contributed by atoms with Gasteiger partial charge in [-0.15, -0.1) is 11.3 Å². The van der Waals surface area contributed by atoms with Gasteiger partial charge in [0.25, 0.3) is 10.0 Å². The van der Waals surface area contributed by atoms with E-state index >= 15 is 0 Å². The van der Waals surface area contributed by atoms with Crippen LogP contribution < -0.4 is 10.0 Å². The molecule has 2 aromatic heterocycles. The van der Waals surface area contributed by atoms with E-state index in [0.717, 1.165) is 4.31 Å². The number of hydrogen-bond acceptors (Lipinski definition) is 6. The fraction of sp³-hybridized carbons (Fsp3) is 0.111. The molecule has 0 aliphatic carbocycles. The lowest BCUT2D eigenvalue weighted by atomic mass is 10.2.